The Morgan fingerprint density at radius 1 is 1.09 bits per heavy atom. The van der Waals surface area contributed by atoms with Gasteiger partial charge in [0.2, 0.25) is 5.91 Å². The number of hydrogen-bond acceptors (Lipinski definition) is 5. The highest BCUT2D eigenvalue weighted by Gasteiger charge is 2.23. The summed E-state index contributed by atoms with van der Waals surface area (Å²) in [6.45, 7) is 6.07. The number of piperazine rings is 1. The molecule has 1 aliphatic rings. The van der Waals surface area contributed by atoms with Crippen molar-refractivity contribution in [2.75, 3.05) is 39.9 Å². The molecule has 3 aromatic rings. The van der Waals surface area contributed by atoms with E-state index >= 15 is 0 Å². The summed E-state index contributed by atoms with van der Waals surface area (Å²) < 4.78 is 7.86. The van der Waals surface area contributed by atoms with E-state index < -0.39 is 0 Å². The number of ether oxygens (including phenoxy) is 1. The van der Waals surface area contributed by atoms with Crippen molar-refractivity contribution in [2.24, 2.45) is 0 Å². The van der Waals surface area contributed by atoms with E-state index in [9.17, 15) is 14.4 Å². The van der Waals surface area contributed by atoms with Crippen LogP contribution in [0.15, 0.2) is 46.0 Å². The average Bonchev–Trinajstić information content (AvgIpc) is 3.11. The molecular formula is C23H29N5O4. The average molecular weight is 440 g/mol. The number of rotatable bonds is 7. The number of aromatic nitrogens is 3. The molecule has 0 atom stereocenters. The van der Waals surface area contributed by atoms with Crippen LogP contribution < -0.4 is 11.1 Å². The monoisotopic (exact) mass is 439 g/mol. The van der Waals surface area contributed by atoms with Gasteiger partial charge in [-0.25, -0.2) is 4.68 Å². The summed E-state index contributed by atoms with van der Waals surface area (Å²) in [6, 6.07) is 11.7. The first-order chi connectivity index (χ1) is 15.5. The van der Waals surface area contributed by atoms with Crippen molar-refractivity contribution >= 4 is 16.8 Å². The van der Waals surface area contributed by atoms with E-state index in [0.29, 0.717) is 42.8 Å². The third-order valence-electron chi connectivity index (χ3n) is 6.07. The third kappa shape index (κ3) is 4.53. The van der Waals surface area contributed by atoms with Crippen molar-refractivity contribution in [3.05, 3.63) is 68.4 Å². The maximum atomic E-state index is 12.9. The van der Waals surface area contributed by atoms with Gasteiger partial charge in [-0.05, 0) is 12.5 Å². The molecule has 0 spiro atoms. The van der Waals surface area contributed by atoms with Crippen LogP contribution in [-0.4, -0.2) is 70.0 Å². The molecule has 170 valence electrons. The largest absolute Gasteiger partial charge is 0.383 e. The van der Waals surface area contributed by atoms with Gasteiger partial charge in [-0.1, -0.05) is 30.3 Å². The van der Waals surface area contributed by atoms with Gasteiger partial charge in [0, 0.05) is 51.6 Å². The van der Waals surface area contributed by atoms with Crippen LogP contribution in [0.2, 0.25) is 0 Å². The fourth-order valence-corrected chi connectivity index (χ4v) is 4.23. The van der Waals surface area contributed by atoms with Gasteiger partial charge in [0.15, 0.2) is 0 Å². The lowest BCUT2D eigenvalue weighted by Gasteiger charge is -2.35. The minimum absolute atomic E-state index is 0.0675. The summed E-state index contributed by atoms with van der Waals surface area (Å²) in [7, 11) is 1.57. The Kier molecular flexibility index (Phi) is 6.57. The van der Waals surface area contributed by atoms with Crippen molar-refractivity contribution in [1.29, 1.82) is 0 Å². The standard InChI is InChI=1S/C23H29N5O4/c1-17-22-19(24-28(23(22)31)12-13-32-2)14-20(29)27(17)16-21(30)26-10-8-25(9-11-26)15-18-6-4-3-5-7-18/h3-7,14,24H,8-13,15-16H2,1-2H3. The molecule has 3 heterocycles. The highest BCUT2D eigenvalue weighted by Crippen LogP contribution is 2.12. The number of nitrogens with zero attached hydrogens (tertiary/aromatic N) is 4. The second-order valence-electron chi connectivity index (χ2n) is 8.15. The van der Waals surface area contributed by atoms with Crippen molar-refractivity contribution in [1.82, 2.24) is 24.1 Å². The zero-order valence-corrected chi connectivity index (χ0v) is 18.5. The van der Waals surface area contributed by atoms with Crippen molar-refractivity contribution in [3.63, 3.8) is 0 Å². The van der Waals surface area contributed by atoms with E-state index in [0.717, 1.165) is 19.6 Å². The molecule has 1 fully saturated rings. The molecule has 0 saturated carbocycles. The molecule has 32 heavy (non-hydrogen) atoms. The van der Waals surface area contributed by atoms with Crippen molar-refractivity contribution < 1.29 is 9.53 Å². The van der Waals surface area contributed by atoms with Crippen LogP contribution in [0.1, 0.15) is 11.3 Å². The molecule has 1 aliphatic heterocycles. The van der Waals surface area contributed by atoms with Crippen LogP contribution in [0, 0.1) is 6.92 Å². The Bertz CT molecular complexity index is 1200. The normalized spacial score (nSPS) is 14.9. The maximum absolute atomic E-state index is 12.9. The fourth-order valence-electron chi connectivity index (χ4n) is 4.23. The first-order valence-corrected chi connectivity index (χ1v) is 10.8. The number of fused-ring (bicyclic) bond motifs is 1. The van der Waals surface area contributed by atoms with Crippen LogP contribution in [0.5, 0.6) is 0 Å². The number of aryl methyl sites for hydroxylation is 1. The lowest BCUT2D eigenvalue weighted by Crippen LogP contribution is -2.49. The number of amides is 1. The number of nitrogens with one attached hydrogen (secondary N) is 1. The molecule has 2 aromatic heterocycles. The van der Waals surface area contributed by atoms with E-state index in [1.165, 1.54) is 20.9 Å². The van der Waals surface area contributed by atoms with E-state index in [1.54, 1.807) is 18.9 Å². The molecule has 1 N–H and O–H groups in total. The molecule has 1 amide bonds. The fraction of sp³-hybridized carbons (Fsp3) is 0.435. The highest BCUT2D eigenvalue weighted by molar-refractivity contribution is 5.81. The van der Waals surface area contributed by atoms with Crippen LogP contribution in [-0.2, 0) is 29.2 Å². The van der Waals surface area contributed by atoms with Gasteiger partial charge < -0.3 is 14.2 Å². The molecule has 9 nitrogen and oxygen atoms in total. The van der Waals surface area contributed by atoms with Gasteiger partial charge in [-0.3, -0.25) is 24.4 Å². The van der Waals surface area contributed by atoms with Crippen LogP contribution in [0.3, 0.4) is 0 Å². The predicted molar refractivity (Wildman–Crippen MR) is 122 cm³/mol. The Morgan fingerprint density at radius 3 is 2.50 bits per heavy atom. The van der Waals surface area contributed by atoms with Gasteiger partial charge in [0.05, 0.1) is 24.1 Å². The predicted octanol–water partition coefficient (Wildman–Crippen LogP) is 0.791. The maximum Gasteiger partial charge on any atom is 0.276 e. The molecule has 0 bridgehead atoms. The Balaban J connectivity index is 1.45. The number of pyridine rings is 1. The van der Waals surface area contributed by atoms with Gasteiger partial charge in [0.25, 0.3) is 11.1 Å². The van der Waals surface area contributed by atoms with E-state index in [4.69, 9.17) is 4.74 Å². The molecule has 4 rings (SSSR count). The SMILES string of the molecule is COCCn1[nH]c2cc(=O)n(CC(=O)N3CCN(Cc4ccccc4)CC3)c(C)c2c1=O. The van der Waals surface area contributed by atoms with E-state index in [-0.39, 0.29) is 23.6 Å². The van der Waals surface area contributed by atoms with Gasteiger partial charge in [-0.15, -0.1) is 0 Å². The number of benzene rings is 1. The number of carbonyl (C=O) groups is 1. The zero-order chi connectivity index (χ0) is 22.7. The zero-order valence-electron chi connectivity index (χ0n) is 18.5. The van der Waals surface area contributed by atoms with E-state index in [2.05, 4.69) is 22.1 Å². The quantitative estimate of drug-likeness (QED) is 0.588. The summed E-state index contributed by atoms with van der Waals surface area (Å²) >= 11 is 0. The Morgan fingerprint density at radius 2 is 1.81 bits per heavy atom. The molecule has 0 radical (unpaired) electrons. The number of H-pyrrole nitrogens is 1. The second kappa shape index (κ2) is 9.54. The summed E-state index contributed by atoms with van der Waals surface area (Å²) in [5.41, 5.74) is 1.72. The second-order valence-corrected chi connectivity index (χ2v) is 8.15. The lowest BCUT2D eigenvalue weighted by atomic mass is 10.2. The van der Waals surface area contributed by atoms with Crippen LogP contribution >= 0.6 is 0 Å². The van der Waals surface area contributed by atoms with Crippen molar-refractivity contribution in [2.45, 2.75) is 26.6 Å². The number of carbonyl (C=O) groups excluding carboxylic acids is 1. The van der Waals surface area contributed by atoms with E-state index in [1.807, 2.05) is 18.2 Å². The minimum atomic E-state index is -0.300. The van der Waals surface area contributed by atoms with Crippen LogP contribution in [0.4, 0.5) is 0 Å². The molecule has 0 unspecified atom stereocenters. The summed E-state index contributed by atoms with van der Waals surface area (Å²) in [4.78, 5) is 42.5. The smallest absolute Gasteiger partial charge is 0.276 e. The number of aromatic amines is 1. The van der Waals surface area contributed by atoms with Crippen molar-refractivity contribution in [3.8, 4) is 0 Å². The highest BCUT2D eigenvalue weighted by atomic mass is 16.5. The minimum Gasteiger partial charge on any atom is -0.383 e. The first-order valence-electron chi connectivity index (χ1n) is 10.8. The Hall–Kier alpha value is -3.17. The van der Waals surface area contributed by atoms with Gasteiger partial charge in [0.1, 0.15) is 6.54 Å². The molecule has 0 aliphatic carbocycles. The topological polar surface area (TPSA) is 92.6 Å². The molecular weight excluding hydrogens is 410 g/mol. The lowest BCUT2D eigenvalue weighted by molar-refractivity contribution is -0.133. The summed E-state index contributed by atoms with van der Waals surface area (Å²) in [5.74, 6) is -0.107. The molecule has 1 saturated heterocycles. The molecule has 1 aromatic carbocycles. The molecule has 9 heteroatoms. The first kappa shape index (κ1) is 22.0. The van der Waals surface area contributed by atoms with Gasteiger partial charge >= 0.3 is 0 Å². The summed E-state index contributed by atoms with van der Waals surface area (Å²) in [5, 5.41) is 3.39. The number of hydrogen-bond donors (Lipinski definition) is 1. The Labute approximate surface area is 185 Å². The van der Waals surface area contributed by atoms with Crippen LogP contribution in [0.25, 0.3) is 10.9 Å². The van der Waals surface area contributed by atoms with Gasteiger partial charge in [-0.2, -0.15) is 0 Å². The third-order valence-corrected chi connectivity index (χ3v) is 6.07. The summed E-state index contributed by atoms with van der Waals surface area (Å²) in [6.07, 6.45) is 0. The number of methoxy groups -OCH3 is 1.